The zero-order valence-corrected chi connectivity index (χ0v) is 14.5. The first-order chi connectivity index (χ1) is 10.1. The molecule has 122 valence electrons. The lowest BCUT2D eigenvalue weighted by Crippen LogP contribution is -2.21. The van der Waals surface area contributed by atoms with E-state index in [-0.39, 0.29) is 0 Å². The highest BCUT2D eigenvalue weighted by molar-refractivity contribution is 5.19. The predicted octanol–water partition coefficient (Wildman–Crippen LogP) is 4.82. The van der Waals surface area contributed by atoms with Gasteiger partial charge in [0, 0.05) is 12.6 Å². The fourth-order valence-corrected chi connectivity index (χ4v) is 2.36. The van der Waals surface area contributed by atoms with Gasteiger partial charge in [-0.15, -0.1) is 0 Å². The van der Waals surface area contributed by atoms with E-state index in [1.807, 2.05) is 0 Å². The summed E-state index contributed by atoms with van der Waals surface area (Å²) in [5.41, 5.74) is 1.21. The van der Waals surface area contributed by atoms with Gasteiger partial charge in [-0.1, -0.05) is 47.0 Å². The lowest BCUT2D eigenvalue weighted by atomic mass is 10.0. The summed E-state index contributed by atoms with van der Waals surface area (Å²) >= 11 is 0. The molecule has 0 aromatic carbocycles. The highest BCUT2D eigenvalue weighted by Gasteiger charge is 2.10. The van der Waals surface area contributed by atoms with Gasteiger partial charge in [0.1, 0.15) is 18.1 Å². The molecule has 0 aliphatic heterocycles. The van der Waals surface area contributed by atoms with Crippen molar-refractivity contribution in [2.24, 2.45) is 5.92 Å². The van der Waals surface area contributed by atoms with E-state index < -0.39 is 0 Å². The maximum atomic E-state index is 5.87. The second kappa shape index (κ2) is 10.0. The quantitative estimate of drug-likeness (QED) is 0.635. The summed E-state index contributed by atoms with van der Waals surface area (Å²) < 4.78 is 11.7. The Morgan fingerprint density at radius 3 is 2.67 bits per heavy atom. The van der Waals surface area contributed by atoms with E-state index >= 15 is 0 Å². The number of ether oxygens (including phenoxy) is 1. The molecule has 0 spiro atoms. The van der Waals surface area contributed by atoms with Crippen molar-refractivity contribution in [1.82, 2.24) is 5.32 Å². The minimum Gasteiger partial charge on any atom is -0.462 e. The summed E-state index contributed by atoms with van der Waals surface area (Å²) in [4.78, 5) is 0. The minimum atomic E-state index is 0.470. The molecule has 21 heavy (non-hydrogen) atoms. The van der Waals surface area contributed by atoms with Gasteiger partial charge in [0.05, 0.1) is 6.54 Å². The molecule has 1 unspecified atom stereocenters. The van der Waals surface area contributed by atoms with E-state index in [1.165, 1.54) is 31.2 Å². The fraction of sp³-hybridized carbons (Fsp3) is 0.778. The van der Waals surface area contributed by atoms with Crippen molar-refractivity contribution in [3.63, 3.8) is 0 Å². The summed E-state index contributed by atoms with van der Waals surface area (Å²) in [6.07, 6.45) is 5.03. The van der Waals surface area contributed by atoms with Gasteiger partial charge in [-0.3, -0.25) is 0 Å². The Hall–Kier alpha value is -0.800. The normalized spacial score (nSPS) is 13.0. The molecule has 1 N–H and O–H groups in total. The van der Waals surface area contributed by atoms with Gasteiger partial charge in [0.15, 0.2) is 0 Å². The van der Waals surface area contributed by atoms with Crippen LogP contribution in [0.1, 0.15) is 70.5 Å². The van der Waals surface area contributed by atoms with Crippen molar-refractivity contribution >= 4 is 0 Å². The Morgan fingerprint density at radius 2 is 2.05 bits per heavy atom. The molecule has 3 heteroatoms. The lowest BCUT2D eigenvalue weighted by molar-refractivity contribution is 0.0702. The van der Waals surface area contributed by atoms with Crippen LogP contribution in [0, 0.1) is 12.8 Å². The molecule has 0 saturated carbocycles. The first-order valence-corrected chi connectivity index (χ1v) is 8.46. The molecular formula is C18H33NO2. The van der Waals surface area contributed by atoms with Crippen molar-refractivity contribution in [3.8, 4) is 0 Å². The monoisotopic (exact) mass is 295 g/mol. The molecule has 0 aliphatic carbocycles. The van der Waals surface area contributed by atoms with Crippen molar-refractivity contribution in [3.05, 3.63) is 23.2 Å². The molecule has 1 aromatic heterocycles. The summed E-state index contributed by atoms with van der Waals surface area (Å²) in [7, 11) is 0. The Morgan fingerprint density at radius 1 is 1.29 bits per heavy atom. The SMILES string of the molecule is CCCCC(CC)COCc1cc(C)c(CNC(C)C)o1. The summed E-state index contributed by atoms with van der Waals surface area (Å²) in [6, 6.07) is 2.57. The topological polar surface area (TPSA) is 34.4 Å². The Kier molecular flexibility index (Phi) is 8.70. The molecule has 1 heterocycles. The van der Waals surface area contributed by atoms with Crippen molar-refractivity contribution in [2.75, 3.05) is 6.61 Å². The summed E-state index contributed by atoms with van der Waals surface area (Å²) in [6.45, 7) is 13.1. The van der Waals surface area contributed by atoms with Crippen LogP contribution in [0.2, 0.25) is 0 Å². The Labute approximate surface area is 130 Å². The number of hydrogen-bond acceptors (Lipinski definition) is 3. The lowest BCUT2D eigenvalue weighted by Gasteiger charge is -2.13. The van der Waals surface area contributed by atoms with Crippen LogP contribution in [0.4, 0.5) is 0 Å². The zero-order chi connectivity index (χ0) is 15.7. The molecule has 3 nitrogen and oxygen atoms in total. The number of hydrogen-bond donors (Lipinski definition) is 1. The van der Waals surface area contributed by atoms with Crippen molar-refractivity contribution < 1.29 is 9.15 Å². The van der Waals surface area contributed by atoms with Crippen LogP contribution in [-0.4, -0.2) is 12.6 Å². The molecule has 0 fully saturated rings. The second-order valence-corrected chi connectivity index (χ2v) is 6.29. The van der Waals surface area contributed by atoms with E-state index in [2.05, 4.69) is 46.0 Å². The number of rotatable bonds is 11. The van der Waals surface area contributed by atoms with Crippen LogP contribution in [0.15, 0.2) is 10.5 Å². The standard InChI is InChI=1S/C18H33NO2/c1-6-8-9-16(7-2)12-20-13-17-10-15(5)18(21-17)11-19-14(3)4/h10,14,16,19H,6-9,11-13H2,1-5H3. The first-order valence-electron chi connectivity index (χ1n) is 8.46. The van der Waals surface area contributed by atoms with Gasteiger partial charge in [0.25, 0.3) is 0 Å². The predicted molar refractivity (Wildman–Crippen MR) is 88.4 cm³/mol. The minimum absolute atomic E-state index is 0.470. The zero-order valence-electron chi connectivity index (χ0n) is 14.5. The molecule has 0 bridgehead atoms. The van der Waals surface area contributed by atoms with Gasteiger partial charge in [-0.05, 0) is 30.9 Å². The number of furan rings is 1. The number of aryl methyl sites for hydroxylation is 1. The van der Waals surface area contributed by atoms with Crippen molar-refractivity contribution in [2.45, 2.75) is 79.5 Å². The van der Waals surface area contributed by atoms with Crippen LogP contribution in [-0.2, 0) is 17.9 Å². The molecule has 0 aliphatic rings. The third kappa shape index (κ3) is 7.14. The van der Waals surface area contributed by atoms with Crippen molar-refractivity contribution in [1.29, 1.82) is 0 Å². The number of nitrogens with one attached hydrogen (secondary N) is 1. The fourth-order valence-electron chi connectivity index (χ4n) is 2.36. The largest absolute Gasteiger partial charge is 0.462 e. The first kappa shape index (κ1) is 18.2. The van der Waals surface area contributed by atoms with Crippen LogP contribution in [0.5, 0.6) is 0 Å². The van der Waals surface area contributed by atoms with E-state index in [0.29, 0.717) is 18.6 Å². The van der Waals surface area contributed by atoms with Crippen LogP contribution in [0.25, 0.3) is 0 Å². The van der Waals surface area contributed by atoms with Crippen LogP contribution < -0.4 is 5.32 Å². The van der Waals surface area contributed by atoms with E-state index in [0.717, 1.165) is 24.7 Å². The van der Waals surface area contributed by atoms with Crippen LogP contribution in [0.3, 0.4) is 0 Å². The molecule has 1 atom stereocenters. The smallest absolute Gasteiger partial charge is 0.130 e. The van der Waals surface area contributed by atoms with Gasteiger partial charge in [-0.25, -0.2) is 0 Å². The maximum Gasteiger partial charge on any atom is 0.130 e. The van der Waals surface area contributed by atoms with Gasteiger partial charge >= 0.3 is 0 Å². The molecule has 1 rings (SSSR count). The molecule has 0 amide bonds. The van der Waals surface area contributed by atoms with E-state index in [1.54, 1.807) is 0 Å². The maximum absolute atomic E-state index is 5.87. The third-order valence-corrected chi connectivity index (χ3v) is 3.88. The average molecular weight is 295 g/mol. The third-order valence-electron chi connectivity index (χ3n) is 3.88. The molecule has 0 saturated heterocycles. The van der Waals surface area contributed by atoms with E-state index in [9.17, 15) is 0 Å². The number of unbranched alkanes of at least 4 members (excludes halogenated alkanes) is 1. The van der Waals surface area contributed by atoms with Gasteiger partial charge in [0.2, 0.25) is 0 Å². The van der Waals surface area contributed by atoms with Gasteiger partial charge in [-0.2, -0.15) is 0 Å². The summed E-state index contributed by atoms with van der Waals surface area (Å²) in [5, 5.41) is 3.39. The van der Waals surface area contributed by atoms with Crippen LogP contribution >= 0.6 is 0 Å². The molecular weight excluding hydrogens is 262 g/mol. The highest BCUT2D eigenvalue weighted by atomic mass is 16.5. The Bertz CT molecular complexity index is 385. The Balaban J connectivity index is 2.36. The second-order valence-electron chi connectivity index (χ2n) is 6.29. The van der Waals surface area contributed by atoms with E-state index in [4.69, 9.17) is 9.15 Å². The average Bonchev–Trinajstić information content (AvgIpc) is 2.80. The highest BCUT2D eigenvalue weighted by Crippen LogP contribution is 2.17. The molecule has 1 aromatic rings. The van der Waals surface area contributed by atoms with Gasteiger partial charge < -0.3 is 14.5 Å². The molecule has 0 radical (unpaired) electrons. The summed E-state index contributed by atoms with van der Waals surface area (Å²) in [5.74, 6) is 2.65.